The molecule has 1 heterocycles. The molecule has 0 radical (unpaired) electrons. The van der Waals surface area contributed by atoms with Gasteiger partial charge in [-0.25, -0.2) is 4.98 Å². The van der Waals surface area contributed by atoms with Gasteiger partial charge in [0.05, 0.1) is 31.3 Å². The van der Waals surface area contributed by atoms with Gasteiger partial charge in [0.1, 0.15) is 11.5 Å². The fraction of sp³-hybridized carbons (Fsp3) is 0.194. The van der Waals surface area contributed by atoms with Gasteiger partial charge < -0.3 is 9.47 Å². The highest BCUT2D eigenvalue weighted by molar-refractivity contribution is 6.02. The van der Waals surface area contributed by atoms with Crippen LogP contribution < -0.4 is 15.0 Å². The van der Waals surface area contributed by atoms with E-state index in [-0.39, 0.29) is 11.5 Å². The third-order valence-corrected chi connectivity index (χ3v) is 6.65. The molecule has 0 aliphatic heterocycles. The number of methoxy groups -OCH3 is 2. The summed E-state index contributed by atoms with van der Waals surface area (Å²) in [4.78, 5) is 18.7. The lowest BCUT2D eigenvalue weighted by atomic mass is 9.96. The fourth-order valence-electron chi connectivity index (χ4n) is 4.67. The molecule has 0 saturated heterocycles. The van der Waals surface area contributed by atoms with Crippen molar-refractivity contribution in [1.29, 1.82) is 0 Å². The van der Waals surface area contributed by atoms with Crippen LogP contribution in [0.3, 0.4) is 0 Å². The summed E-state index contributed by atoms with van der Waals surface area (Å²) in [7, 11) is 3.30. The minimum Gasteiger partial charge on any atom is -0.496 e. The van der Waals surface area contributed by atoms with E-state index in [2.05, 4.69) is 19.9 Å². The largest absolute Gasteiger partial charge is 0.496 e. The van der Waals surface area contributed by atoms with Gasteiger partial charge in [0.15, 0.2) is 5.82 Å². The summed E-state index contributed by atoms with van der Waals surface area (Å²) in [6.45, 7) is 6.22. The Morgan fingerprint density at radius 3 is 2.32 bits per heavy atom. The first-order chi connectivity index (χ1) is 17.9. The van der Waals surface area contributed by atoms with Gasteiger partial charge >= 0.3 is 0 Å². The predicted molar refractivity (Wildman–Crippen MR) is 150 cm³/mol. The van der Waals surface area contributed by atoms with Crippen molar-refractivity contribution in [2.75, 3.05) is 14.2 Å². The lowest BCUT2D eigenvalue weighted by Crippen LogP contribution is -2.21. The van der Waals surface area contributed by atoms with Gasteiger partial charge in [0, 0.05) is 11.1 Å². The molecule has 6 heteroatoms. The van der Waals surface area contributed by atoms with Crippen LogP contribution in [0.5, 0.6) is 11.5 Å². The Hall–Kier alpha value is -4.45. The van der Waals surface area contributed by atoms with E-state index in [0.29, 0.717) is 22.5 Å². The predicted octanol–water partition coefficient (Wildman–Crippen LogP) is 6.55. The molecule has 5 aromatic rings. The first-order valence-electron chi connectivity index (χ1n) is 12.2. The highest BCUT2D eigenvalue weighted by atomic mass is 16.5. The van der Waals surface area contributed by atoms with E-state index in [1.807, 2.05) is 67.6 Å². The maximum atomic E-state index is 13.8. The summed E-state index contributed by atoms with van der Waals surface area (Å²) in [6.07, 6.45) is 1.69. The van der Waals surface area contributed by atoms with Crippen LogP contribution >= 0.6 is 0 Å². The summed E-state index contributed by atoms with van der Waals surface area (Å²) in [5.41, 5.74) is 3.98. The zero-order valence-electron chi connectivity index (χ0n) is 21.6. The molecule has 0 aliphatic carbocycles. The van der Waals surface area contributed by atoms with Crippen LogP contribution in [-0.2, 0) is 0 Å². The molecule has 0 fully saturated rings. The van der Waals surface area contributed by atoms with E-state index in [9.17, 15) is 4.79 Å². The molecule has 0 spiro atoms. The van der Waals surface area contributed by atoms with Gasteiger partial charge in [-0.2, -0.15) is 9.78 Å². The van der Waals surface area contributed by atoms with E-state index < -0.39 is 0 Å². The topological polar surface area (TPSA) is 65.7 Å². The first kappa shape index (κ1) is 24.3. The Bertz CT molecular complexity index is 1720. The number of aryl methyl sites for hydroxylation is 1. The summed E-state index contributed by atoms with van der Waals surface area (Å²) in [5, 5.41) is 7.27. The first-order valence-corrected chi connectivity index (χ1v) is 12.2. The van der Waals surface area contributed by atoms with Crippen LogP contribution in [0.4, 0.5) is 0 Å². The molecule has 0 saturated carbocycles. The lowest BCUT2D eigenvalue weighted by molar-refractivity contribution is 0.407. The minimum atomic E-state index is -0.239. The van der Waals surface area contributed by atoms with Crippen LogP contribution in [0, 0.1) is 6.92 Å². The van der Waals surface area contributed by atoms with Crippen molar-refractivity contribution >= 4 is 27.9 Å². The Morgan fingerprint density at radius 2 is 1.59 bits per heavy atom. The van der Waals surface area contributed by atoms with E-state index in [1.54, 1.807) is 26.5 Å². The van der Waals surface area contributed by atoms with Crippen molar-refractivity contribution in [3.05, 3.63) is 99.8 Å². The van der Waals surface area contributed by atoms with Crippen LogP contribution in [-0.4, -0.2) is 30.1 Å². The van der Waals surface area contributed by atoms with Gasteiger partial charge in [0.2, 0.25) is 0 Å². The molecule has 37 heavy (non-hydrogen) atoms. The van der Waals surface area contributed by atoms with Gasteiger partial charge in [0.25, 0.3) is 5.56 Å². The molecule has 0 N–H and O–H groups in total. The van der Waals surface area contributed by atoms with Crippen molar-refractivity contribution in [3.8, 4) is 22.9 Å². The molecule has 0 atom stereocenters. The van der Waals surface area contributed by atoms with E-state index in [4.69, 9.17) is 19.6 Å². The molecule has 0 unspecified atom stereocenters. The smallest absolute Gasteiger partial charge is 0.282 e. The summed E-state index contributed by atoms with van der Waals surface area (Å²) < 4.78 is 12.7. The Kier molecular flexibility index (Phi) is 6.49. The number of fused-ring (bicyclic) bond motifs is 2. The summed E-state index contributed by atoms with van der Waals surface area (Å²) in [5.74, 6) is 2.18. The Morgan fingerprint density at radius 1 is 0.892 bits per heavy atom. The van der Waals surface area contributed by atoms with Crippen LogP contribution in [0.2, 0.25) is 0 Å². The average molecular weight is 492 g/mol. The van der Waals surface area contributed by atoms with Gasteiger partial charge in [-0.05, 0) is 65.1 Å². The quantitative estimate of drug-likeness (QED) is 0.253. The van der Waals surface area contributed by atoms with Crippen LogP contribution in [0.25, 0.3) is 33.1 Å². The van der Waals surface area contributed by atoms with E-state index in [0.717, 1.165) is 38.8 Å². The Labute approximate surface area is 215 Å². The SMILES string of the molecule is COc1cc(C)c(-c2nc3ccccc3c(=O)n2N=Cc2c(OC)ccc3ccccc23)cc1C(C)C. The van der Waals surface area contributed by atoms with Gasteiger partial charge in [-0.1, -0.05) is 56.3 Å². The van der Waals surface area contributed by atoms with Crippen molar-refractivity contribution in [2.45, 2.75) is 26.7 Å². The molecule has 5 rings (SSSR count). The number of nitrogens with zero attached hydrogens (tertiary/aromatic N) is 3. The minimum absolute atomic E-state index is 0.221. The van der Waals surface area contributed by atoms with Gasteiger partial charge in [-0.15, -0.1) is 0 Å². The number of hydrogen-bond acceptors (Lipinski definition) is 5. The molecule has 6 nitrogen and oxygen atoms in total. The van der Waals surface area contributed by atoms with Crippen molar-refractivity contribution in [3.63, 3.8) is 0 Å². The molecule has 0 bridgehead atoms. The number of para-hydroxylation sites is 1. The zero-order chi connectivity index (χ0) is 26.1. The molecule has 4 aromatic carbocycles. The van der Waals surface area contributed by atoms with Crippen molar-refractivity contribution in [1.82, 2.24) is 9.66 Å². The standard InChI is InChI=1S/C31H29N3O3/c1-19(2)24-17-25(20(3)16-29(24)37-5)30-33-27-13-9-8-12-23(27)31(35)34(30)32-18-26-22-11-7-6-10-21(22)14-15-28(26)36-4/h6-19H,1-5H3. The normalized spacial score (nSPS) is 11.6. The average Bonchev–Trinajstić information content (AvgIpc) is 2.92. The third kappa shape index (κ3) is 4.35. The third-order valence-electron chi connectivity index (χ3n) is 6.65. The highest BCUT2D eigenvalue weighted by Crippen LogP contribution is 2.34. The van der Waals surface area contributed by atoms with Crippen LogP contribution in [0.1, 0.15) is 36.5 Å². The second-order valence-corrected chi connectivity index (χ2v) is 9.28. The maximum absolute atomic E-state index is 13.8. The number of ether oxygens (including phenoxy) is 2. The molecular formula is C31H29N3O3. The van der Waals surface area contributed by atoms with E-state index >= 15 is 0 Å². The second kappa shape index (κ2) is 9.90. The molecule has 0 amide bonds. The number of hydrogen-bond donors (Lipinski definition) is 0. The second-order valence-electron chi connectivity index (χ2n) is 9.28. The maximum Gasteiger partial charge on any atom is 0.282 e. The molecular weight excluding hydrogens is 462 g/mol. The summed E-state index contributed by atoms with van der Waals surface area (Å²) >= 11 is 0. The van der Waals surface area contributed by atoms with Crippen LogP contribution in [0.15, 0.2) is 82.7 Å². The lowest BCUT2D eigenvalue weighted by Gasteiger charge is -2.17. The van der Waals surface area contributed by atoms with Gasteiger partial charge in [-0.3, -0.25) is 4.79 Å². The molecule has 0 aliphatic rings. The van der Waals surface area contributed by atoms with E-state index in [1.165, 1.54) is 4.68 Å². The zero-order valence-corrected chi connectivity index (χ0v) is 21.6. The number of aromatic nitrogens is 2. The summed E-state index contributed by atoms with van der Waals surface area (Å²) in [6, 6.07) is 23.3. The monoisotopic (exact) mass is 491 g/mol. The molecule has 1 aromatic heterocycles. The number of benzene rings is 4. The fourth-order valence-corrected chi connectivity index (χ4v) is 4.67. The number of rotatable bonds is 6. The van der Waals surface area contributed by atoms with Crippen molar-refractivity contribution in [2.24, 2.45) is 5.10 Å². The van der Waals surface area contributed by atoms with Crippen molar-refractivity contribution < 1.29 is 9.47 Å². The highest BCUT2D eigenvalue weighted by Gasteiger charge is 2.18. The molecule has 186 valence electrons. The Balaban J connectivity index is 1.80.